The van der Waals surface area contributed by atoms with E-state index in [2.05, 4.69) is 19.6 Å². The third kappa shape index (κ3) is 11.4. The van der Waals surface area contributed by atoms with Crippen LogP contribution in [0.1, 0.15) is 58.3 Å². The molecule has 88 valence electrons. The standard InChI is InChI=1S/C14H26O/c1-3-5-6-7-8-9-10-11-13-14(15)12-4-2/h3,5-6,14-15H,1,4,7-13H2,2H3/b6-5-. The second-order valence-electron chi connectivity index (χ2n) is 4.10. The van der Waals surface area contributed by atoms with Crippen LogP contribution in [-0.4, -0.2) is 11.2 Å². The molecular weight excluding hydrogens is 184 g/mol. The van der Waals surface area contributed by atoms with Crippen LogP contribution < -0.4 is 0 Å². The summed E-state index contributed by atoms with van der Waals surface area (Å²) in [5, 5.41) is 9.50. The van der Waals surface area contributed by atoms with Gasteiger partial charge in [0, 0.05) is 0 Å². The Bertz CT molecular complexity index is 161. The van der Waals surface area contributed by atoms with Gasteiger partial charge < -0.3 is 5.11 Å². The molecule has 0 saturated carbocycles. The maximum atomic E-state index is 9.50. The molecule has 0 heterocycles. The molecule has 0 bridgehead atoms. The Kier molecular flexibility index (Phi) is 11.1. The van der Waals surface area contributed by atoms with Crippen LogP contribution >= 0.6 is 0 Å². The summed E-state index contributed by atoms with van der Waals surface area (Å²) in [4.78, 5) is 0. The van der Waals surface area contributed by atoms with E-state index in [4.69, 9.17) is 0 Å². The summed E-state index contributed by atoms with van der Waals surface area (Å²) in [6.07, 6.45) is 15.1. The molecule has 0 fully saturated rings. The monoisotopic (exact) mass is 210 g/mol. The van der Waals surface area contributed by atoms with Crippen molar-refractivity contribution in [1.82, 2.24) is 0 Å². The smallest absolute Gasteiger partial charge is 0.0540 e. The van der Waals surface area contributed by atoms with Crippen molar-refractivity contribution in [2.75, 3.05) is 0 Å². The molecule has 1 atom stereocenters. The fourth-order valence-corrected chi connectivity index (χ4v) is 1.67. The van der Waals surface area contributed by atoms with Crippen molar-refractivity contribution >= 4 is 0 Å². The fraction of sp³-hybridized carbons (Fsp3) is 0.714. The fourth-order valence-electron chi connectivity index (χ4n) is 1.67. The van der Waals surface area contributed by atoms with Gasteiger partial charge in [-0.3, -0.25) is 0 Å². The summed E-state index contributed by atoms with van der Waals surface area (Å²) >= 11 is 0. The first-order valence-corrected chi connectivity index (χ1v) is 6.26. The van der Waals surface area contributed by atoms with Crippen LogP contribution in [0.2, 0.25) is 0 Å². The number of hydrogen-bond acceptors (Lipinski definition) is 1. The maximum Gasteiger partial charge on any atom is 0.0540 e. The van der Waals surface area contributed by atoms with Gasteiger partial charge in [0.2, 0.25) is 0 Å². The van der Waals surface area contributed by atoms with Crippen molar-refractivity contribution in [1.29, 1.82) is 0 Å². The Hall–Kier alpha value is -0.560. The Balaban J connectivity index is 3.10. The van der Waals surface area contributed by atoms with Crippen molar-refractivity contribution in [2.24, 2.45) is 0 Å². The summed E-state index contributed by atoms with van der Waals surface area (Å²) in [6.45, 7) is 5.75. The highest BCUT2D eigenvalue weighted by atomic mass is 16.3. The first-order valence-electron chi connectivity index (χ1n) is 6.26. The van der Waals surface area contributed by atoms with Crippen LogP contribution in [0.15, 0.2) is 24.8 Å². The summed E-state index contributed by atoms with van der Waals surface area (Å²) in [5.41, 5.74) is 0. The third-order valence-electron chi connectivity index (χ3n) is 2.55. The minimum atomic E-state index is -0.0596. The van der Waals surface area contributed by atoms with Gasteiger partial charge in [-0.25, -0.2) is 0 Å². The lowest BCUT2D eigenvalue weighted by Crippen LogP contribution is -2.04. The predicted molar refractivity (Wildman–Crippen MR) is 68.0 cm³/mol. The van der Waals surface area contributed by atoms with Gasteiger partial charge in [0.15, 0.2) is 0 Å². The van der Waals surface area contributed by atoms with Crippen molar-refractivity contribution < 1.29 is 5.11 Å². The van der Waals surface area contributed by atoms with E-state index in [-0.39, 0.29) is 6.10 Å². The lowest BCUT2D eigenvalue weighted by Gasteiger charge is -2.07. The van der Waals surface area contributed by atoms with E-state index in [9.17, 15) is 5.11 Å². The van der Waals surface area contributed by atoms with Crippen LogP contribution in [0.5, 0.6) is 0 Å². The number of rotatable bonds is 10. The van der Waals surface area contributed by atoms with Crippen LogP contribution in [-0.2, 0) is 0 Å². The third-order valence-corrected chi connectivity index (χ3v) is 2.55. The highest BCUT2D eigenvalue weighted by Crippen LogP contribution is 2.10. The topological polar surface area (TPSA) is 20.2 Å². The molecule has 0 aliphatic heterocycles. The number of hydrogen-bond donors (Lipinski definition) is 1. The molecule has 0 aromatic carbocycles. The number of unbranched alkanes of at least 4 members (excludes halogenated alkanes) is 4. The summed E-state index contributed by atoms with van der Waals surface area (Å²) in [7, 11) is 0. The van der Waals surface area contributed by atoms with E-state index >= 15 is 0 Å². The Labute approximate surface area is 94.9 Å². The molecule has 0 spiro atoms. The maximum absolute atomic E-state index is 9.50. The van der Waals surface area contributed by atoms with Crippen LogP contribution in [0.3, 0.4) is 0 Å². The van der Waals surface area contributed by atoms with Gasteiger partial charge >= 0.3 is 0 Å². The largest absolute Gasteiger partial charge is 0.393 e. The number of aliphatic hydroxyl groups is 1. The second kappa shape index (κ2) is 11.5. The molecule has 0 saturated heterocycles. The zero-order valence-electron chi connectivity index (χ0n) is 10.1. The van der Waals surface area contributed by atoms with Gasteiger partial charge in [0.1, 0.15) is 0 Å². The Morgan fingerprint density at radius 3 is 2.53 bits per heavy atom. The summed E-state index contributed by atoms with van der Waals surface area (Å²) in [5.74, 6) is 0. The van der Waals surface area contributed by atoms with Gasteiger partial charge in [0.05, 0.1) is 6.10 Å². The summed E-state index contributed by atoms with van der Waals surface area (Å²) < 4.78 is 0. The number of aliphatic hydroxyl groups excluding tert-OH is 1. The first-order chi connectivity index (χ1) is 7.31. The molecule has 1 N–H and O–H groups in total. The predicted octanol–water partition coefficient (Wildman–Crippen LogP) is 4.23. The molecule has 15 heavy (non-hydrogen) atoms. The van der Waals surface area contributed by atoms with Crippen LogP contribution in [0.4, 0.5) is 0 Å². The molecule has 0 radical (unpaired) electrons. The zero-order chi connectivity index (χ0) is 11.4. The van der Waals surface area contributed by atoms with Gasteiger partial charge in [-0.1, -0.05) is 57.4 Å². The molecule has 0 aliphatic rings. The molecule has 1 nitrogen and oxygen atoms in total. The number of allylic oxidation sites excluding steroid dienone is 3. The molecule has 1 heteroatoms. The second-order valence-corrected chi connectivity index (χ2v) is 4.10. The molecule has 1 unspecified atom stereocenters. The van der Waals surface area contributed by atoms with Gasteiger partial charge in [-0.15, -0.1) is 0 Å². The molecule has 0 aliphatic carbocycles. The lowest BCUT2D eigenvalue weighted by atomic mass is 10.1. The molecule has 0 rings (SSSR count). The van der Waals surface area contributed by atoms with E-state index in [0.717, 1.165) is 25.7 Å². The average Bonchev–Trinajstić information content (AvgIpc) is 2.22. The zero-order valence-corrected chi connectivity index (χ0v) is 10.1. The van der Waals surface area contributed by atoms with Crippen molar-refractivity contribution in [3.63, 3.8) is 0 Å². The van der Waals surface area contributed by atoms with Crippen LogP contribution in [0.25, 0.3) is 0 Å². The first kappa shape index (κ1) is 14.4. The van der Waals surface area contributed by atoms with Gasteiger partial charge in [-0.05, 0) is 25.7 Å². The highest BCUT2D eigenvalue weighted by Gasteiger charge is 2.00. The SMILES string of the molecule is C=C/C=C\CCCCCCC(O)CCC. The van der Waals surface area contributed by atoms with E-state index in [1.54, 1.807) is 0 Å². The van der Waals surface area contributed by atoms with E-state index < -0.39 is 0 Å². The molecule has 0 aromatic heterocycles. The normalized spacial score (nSPS) is 13.2. The summed E-state index contributed by atoms with van der Waals surface area (Å²) in [6, 6.07) is 0. The van der Waals surface area contributed by atoms with Crippen molar-refractivity contribution in [3.8, 4) is 0 Å². The minimum absolute atomic E-state index is 0.0596. The quantitative estimate of drug-likeness (QED) is 0.422. The van der Waals surface area contributed by atoms with Crippen LogP contribution in [0, 0.1) is 0 Å². The van der Waals surface area contributed by atoms with Crippen molar-refractivity contribution in [3.05, 3.63) is 24.8 Å². The molecule has 0 amide bonds. The van der Waals surface area contributed by atoms with Gasteiger partial charge in [0.25, 0.3) is 0 Å². The highest BCUT2D eigenvalue weighted by molar-refractivity contribution is 4.96. The van der Waals surface area contributed by atoms with E-state index in [1.165, 1.54) is 25.7 Å². The average molecular weight is 210 g/mol. The van der Waals surface area contributed by atoms with Crippen molar-refractivity contribution in [2.45, 2.75) is 64.4 Å². The Morgan fingerprint density at radius 1 is 1.13 bits per heavy atom. The minimum Gasteiger partial charge on any atom is -0.393 e. The van der Waals surface area contributed by atoms with E-state index in [1.807, 2.05) is 12.2 Å². The molecular formula is C14H26O. The van der Waals surface area contributed by atoms with E-state index in [0.29, 0.717) is 0 Å². The lowest BCUT2D eigenvalue weighted by molar-refractivity contribution is 0.150. The molecule has 0 aromatic rings. The Morgan fingerprint density at radius 2 is 1.87 bits per heavy atom. The van der Waals surface area contributed by atoms with Gasteiger partial charge in [-0.2, -0.15) is 0 Å².